The maximum absolute atomic E-state index is 12.6. The van der Waals surface area contributed by atoms with Crippen LogP contribution in [0.25, 0.3) is 0 Å². The molecule has 3 heterocycles. The van der Waals surface area contributed by atoms with Gasteiger partial charge in [0.15, 0.2) is 23.3 Å². The number of guanidine groups is 1. The number of nitrogens with one attached hydrogen (secondary N) is 1. The van der Waals surface area contributed by atoms with Crippen molar-refractivity contribution in [2.45, 2.75) is 31.7 Å². The van der Waals surface area contributed by atoms with E-state index in [-0.39, 0.29) is 17.7 Å². The van der Waals surface area contributed by atoms with Crippen LogP contribution in [-0.4, -0.2) is 46.6 Å². The van der Waals surface area contributed by atoms with Crippen LogP contribution < -0.4 is 27.2 Å². The number of nitrogens with two attached hydrogens (primary N) is 2. The Bertz CT molecular complexity index is 883. The van der Waals surface area contributed by atoms with Crippen molar-refractivity contribution in [2.75, 3.05) is 31.5 Å². The number of unbranched alkanes of at least 4 members (excludes halogenated alkanes) is 2. The molecule has 3 rings (SSSR count). The zero-order valence-electron chi connectivity index (χ0n) is 16.6. The van der Waals surface area contributed by atoms with E-state index in [1.165, 1.54) is 0 Å². The Morgan fingerprint density at radius 1 is 1.34 bits per heavy atom. The molecular formula is C20H29N7O2. The lowest BCUT2D eigenvalue weighted by molar-refractivity contribution is 0.312. The van der Waals surface area contributed by atoms with Crippen LogP contribution in [-0.2, 0) is 0 Å². The molecule has 1 saturated heterocycles. The van der Waals surface area contributed by atoms with Gasteiger partial charge in [-0.15, -0.1) is 0 Å². The van der Waals surface area contributed by atoms with E-state index in [9.17, 15) is 4.79 Å². The Morgan fingerprint density at radius 2 is 2.17 bits per heavy atom. The summed E-state index contributed by atoms with van der Waals surface area (Å²) in [5.41, 5.74) is 11.0. The molecule has 1 aromatic rings. The number of ether oxygens (including phenoxy) is 1. The molecule has 0 unspecified atom stereocenters. The minimum atomic E-state index is -0.283. The van der Waals surface area contributed by atoms with Gasteiger partial charge in [0, 0.05) is 19.6 Å². The first-order valence-corrected chi connectivity index (χ1v) is 9.86. The molecule has 1 aromatic heterocycles. The fraction of sp³-hybridized carbons (Fsp3) is 0.450. The molecule has 9 heteroatoms. The van der Waals surface area contributed by atoms with E-state index in [0.717, 1.165) is 45.3 Å². The molecule has 0 aromatic carbocycles. The van der Waals surface area contributed by atoms with Crippen LogP contribution in [0.4, 0.5) is 5.82 Å². The number of rotatable bonds is 9. The molecule has 29 heavy (non-hydrogen) atoms. The van der Waals surface area contributed by atoms with E-state index in [0.29, 0.717) is 29.6 Å². The SMILES string of the molecule is C=CC1=C(C=C)Oc2cn([C@@H]3CCN(CCCCCN=C(N)N)C3)c(=O)nc2N1. The van der Waals surface area contributed by atoms with Gasteiger partial charge >= 0.3 is 5.69 Å². The van der Waals surface area contributed by atoms with E-state index in [2.05, 4.69) is 33.4 Å². The minimum absolute atomic E-state index is 0.0856. The van der Waals surface area contributed by atoms with Gasteiger partial charge in [-0.2, -0.15) is 4.98 Å². The average Bonchev–Trinajstić information content (AvgIpc) is 3.17. The number of aliphatic imine (C=N–C) groups is 1. The van der Waals surface area contributed by atoms with Gasteiger partial charge in [-0.1, -0.05) is 19.6 Å². The largest absolute Gasteiger partial charge is 0.450 e. The van der Waals surface area contributed by atoms with Crippen LogP contribution in [0.1, 0.15) is 31.7 Å². The number of hydrogen-bond acceptors (Lipinski definition) is 6. The van der Waals surface area contributed by atoms with Crippen LogP contribution in [0.15, 0.2) is 52.7 Å². The van der Waals surface area contributed by atoms with Crippen molar-refractivity contribution in [2.24, 2.45) is 16.5 Å². The van der Waals surface area contributed by atoms with E-state index in [1.807, 2.05) is 0 Å². The molecule has 2 aliphatic heterocycles. The van der Waals surface area contributed by atoms with Crippen LogP contribution in [0.5, 0.6) is 5.75 Å². The van der Waals surface area contributed by atoms with Crippen LogP contribution in [0.2, 0.25) is 0 Å². The van der Waals surface area contributed by atoms with Gasteiger partial charge in [0.25, 0.3) is 0 Å². The summed E-state index contributed by atoms with van der Waals surface area (Å²) in [7, 11) is 0. The summed E-state index contributed by atoms with van der Waals surface area (Å²) in [5.74, 6) is 1.63. The summed E-state index contributed by atoms with van der Waals surface area (Å²) in [4.78, 5) is 23.1. The van der Waals surface area contributed by atoms with Crippen molar-refractivity contribution in [3.05, 3.63) is 53.4 Å². The summed E-state index contributed by atoms with van der Waals surface area (Å²) >= 11 is 0. The highest BCUT2D eigenvalue weighted by atomic mass is 16.5. The lowest BCUT2D eigenvalue weighted by Crippen LogP contribution is -2.31. The lowest BCUT2D eigenvalue weighted by Gasteiger charge is -2.23. The van der Waals surface area contributed by atoms with Gasteiger partial charge in [0.2, 0.25) is 0 Å². The molecule has 9 nitrogen and oxygen atoms in total. The van der Waals surface area contributed by atoms with Gasteiger partial charge in [-0.25, -0.2) is 4.79 Å². The normalized spacial score (nSPS) is 18.6. The average molecular weight is 399 g/mol. The smallest absolute Gasteiger partial charge is 0.350 e. The summed E-state index contributed by atoms with van der Waals surface area (Å²) in [6.45, 7) is 10.9. The van der Waals surface area contributed by atoms with Gasteiger partial charge < -0.3 is 26.4 Å². The number of nitrogens with zero attached hydrogens (tertiary/aromatic N) is 4. The van der Waals surface area contributed by atoms with E-state index < -0.39 is 0 Å². The maximum atomic E-state index is 12.6. The number of allylic oxidation sites excluding steroid dienone is 2. The van der Waals surface area contributed by atoms with Gasteiger partial charge in [0.05, 0.1) is 17.9 Å². The lowest BCUT2D eigenvalue weighted by atomic mass is 10.2. The summed E-state index contributed by atoms with van der Waals surface area (Å²) in [6.07, 6.45) is 8.98. The van der Waals surface area contributed by atoms with Crippen LogP contribution in [0, 0.1) is 0 Å². The Balaban J connectivity index is 1.58. The summed E-state index contributed by atoms with van der Waals surface area (Å²) in [6, 6.07) is 0.0856. The fourth-order valence-corrected chi connectivity index (χ4v) is 3.62. The third-order valence-corrected chi connectivity index (χ3v) is 5.11. The Kier molecular flexibility index (Phi) is 6.71. The standard InChI is InChI=1S/C20H29N7O2/c1-3-15-16(4-2)29-17-13-27(20(28)25-18(17)24-15)14-8-11-26(12-14)10-7-5-6-9-23-19(21)22/h3-4,13-14H,1-2,5-12H2,(H4,21,22,23)(H,24,25,28)/t14-/m1/s1. The molecule has 0 saturated carbocycles. The van der Waals surface area contributed by atoms with Crippen molar-refractivity contribution in [1.29, 1.82) is 0 Å². The topological polar surface area (TPSA) is 124 Å². The molecule has 5 N–H and O–H groups in total. The molecular weight excluding hydrogens is 370 g/mol. The first-order chi connectivity index (χ1) is 14.0. The number of hydrogen-bond donors (Lipinski definition) is 3. The predicted octanol–water partition coefficient (Wildman–Crippen LogP) is 1.32. The molecule has 1 atom stereocenters. The zero-order chi connectivity index (χ0) is 20.8. The van der Waals surface area contributed by atoms with Gasteiger partial charge in [0.1, 0.15) is 0 Å². The van der Waals surface area contributed by atoms with Gasteiger partial charge in [-0.05, 0) is 38.0 Å². The molecule has 0 bridgehead atoms. The highest BCUT2D eigenvalue weighted by Gasteiger charge is 2.27. The maximum Gasteiger partial charge on any atom is 0.350 e. The van der Waals surface area contributed by atoms with E-state index in [1.54, 1.807) is 22.9 Å². The Morgan fingerprint density at radius 3 is 2.90 bits per heavy atom. The highest BCUT2D eigenvalue weighted by Crippen LogP contribution is 2.31. The molecule has 156 valence electrons. The van der Waals surface area contributed by atoms with E-state index >= 15 is 0 Å². The highest BCUT2D eigenvalue weighted by molar-refractivity contribution is 5.75. The van der Waals surface area contributed by atoms with Crippen molar-refractivity contribution in [3.8, 4) is 5.75 Å². The quantitative estimate of drug-likeness (QED) is 0.325. The minimum Gasteiger partial charge on any atom is -0.450 e. The second kappa shape index (κ2) is 9.42. The molecule has 0 spiro atoms. The van der Waals surface area contributed by atoms with Crippen molar-refractivity contribution in [1.82, 2.24) is 14.5 Å². The van der Waals surface area contributed by atoms with Crippen molar-refractivity contribution < 1.29 is 4.74 Å². The molecule has 0 radical (unpaired) electrons. The number of anilines is 1. The Labute approximate surface area is 170 Å². The van der Waals surface area contributed by atoms with E-state index in [4.69, 9.17) is 16.2 Å². The summed E-state index contributed by atoms with van der Waals surface area (Å²) < 4.78 is 7.53. The van der Waals surface area contributed by atoms with Crippen LogP contribution in [0.3, 0.4) is 0 Å². The number of fused-ring (bicyclic) bond motifs is 1. The van der Waals surface area contributed by atoms with Crippen molar-refractivity contribution in [3.63, 3.8) is 0 Å². The monoisotopic (exact) mass is 399 g/mol. The predicted molar refractivity (Wildman–Crippen MR) is 115 cm³/mol. The molecule has 1 fully saturated rings. The second-order valence-corrected chi connectivity index (χ2v) is 7.17. The number of likely N-dealkylation sites (tertiary alicyclic amines) is 1. The molecule has 0 aliphatic carbocycles. The second-order valence-electron chi connectivity index (χ2n) is 7.17. The summed E-state index contributed by atoms with van der Waals surface area (Å²) in [5, 5.41) is 3.07. The fourth-order valence-electron chi connectivity index (χ4n) is 3.62. The number of aromatic nitrogens is 2. The third-order valence-electron chi connectivity index (χ3n) is 5.11. The Hall–Kier alpha value is -3.07. The molecule has 2 aliphatic rings. The zero-order valence-corrected chi connectivity index (χ0v) is 16.6. The van der Waals surface area contributed by atoms with Crippen LogP contribution >= 0.6 is 0 Å². The first-order valence-electron chi connectivity index (χ1n) is 9.86. The van der Waals surface area contributed by atoms with Gasteiger partial charge in [-0.3, -0.25) is 9.56 Å². The van der Waals surface area contributed by atoms with Crippen molar-refractivity contribution >= 4 is 11.8 Å². The molecule has 0 amide bonds. The first kappa shape index (κ1) is 20.7. The third kappa shape index (κ3) is 5.05.